The molecular formula is C20H23Cl2N3O4S. The van der Waals surface area contributed by atoms with Crippen molar-refractivity contribution in [3.05, 3.63) is 64.1 Å². The van der Waals surface area contributed by atoms with Crippen LogP contribution in [0.3, 0.4) is 0 Å². The molecule has 0 aliphatic heterocycles. The standard InChI is InChI=1S/C20H23Cl2N3O4S/c1-14(20(27)23-2)24(12-15-7-5-4-6-8-15)19(26)13-25(30(3,28)29)16-9-10-17(21)18(22)11-16/h4-11,14H,12-13H2,1-3H3,(H,23,27)/t14-/m1/s1. The molecule has 0 heterocycles. The van der Waals surface area contributed by atoms with Gasteiger partial charge < -0.3 is 10.2 Å². The summed E-state index contributed by atoms with van der Waals surface area (Å²) >= 11 is 11.9. The van der Waals surface area contributed by atoms with Crippen LogP contribution in [0.15, 0.2) is 48.5 Å². The van der Waals surface area contributed by atoms with Crippen molar-refractivity contribution >= 4 is 50.7 Å². The van der Waals surface area contributed by atoms with E-state index in [9.17, 15) is 18.0 Å². The van der Waals surface area contributed by atoms with Crippen molar-refractivity contribution in [2.24, 2.45) is 0 Å². The highest BCUT2D eigenvalue weighted by Gasteiger charge is 2.29. The summed E-state index contributed by atoms with van der Waals surface area (Å²) in [5.74, 6) is -0.897. The van der Waals surface area contributed by atoms with Crippen molar-refractivity contribution < 1.29 is 18.0 Å². The third kappa shape index (κ3) is 6.10. The number of halogens is 2. The fraction of sp³-hybridized carbons (Fsp3) is 0.300. The van der Waals surface area contributed by atoms with Gasteiger partial charge in [-0.3, -0.25) is 13.9 Å². The summed E-state index contributed by atoms with van der Waals surface area (Å²) < 4.78 is 25.7. The van der Waals surface area contributed by atoms with Gasteiger partial charge in [-0.15, -0.1) is 0 Å². The number of amides is 2. The molecule has 30 heavy (non-hydrogen) atoms. The Labute approximate surface area is 186 Å². The Bertz CT molecular complexity index is 1020. The number of rotatable bonds is 8. The second-order valence-electron chi connectivity index (χ2n) is 6.67. The molecule has 2 aromatic carbocycles. The molecule has 2 rings (SSSR count). The number of likely N-dealkylation sites (N-methyl/N-ethyl adjacent to an activating group) is 1. The van der Waals surface area contributed by atoms with Crippen LogP contribution in [-0.4, -0.2) is 51.0 Å². The lowest BCUT2D eigenvalue weighted by Crippen LogP contribution is -2.50. The molecule has 7 nitrogen and oxygen atoms in total. The van der Waals surface area contributed by atoms with E-state index in [0.29, 0.717) is 0 Å². The van der Waals surface area contributed by atoms with Gasteiger partial charge >= 0.3 is 0 Å². The van der Waals surface area contributed by atoms with E-state index in [4.69, 9.17) is 23.2 Å². The van der Waals surface area contributed by atoms with E-state index < -0.39 is 28.5 Å². The van der Waals surface area contributed by atoms with Crippen LogP contribution in [0.4, 0.5) is 5.69 Å². The Morgan fingerprint density at radius 3 is 2.23 bits per heavy atom. The summed E-state index contributed by atoms with van der Waals surface area (Å²) in [6.45, 7) is 1.24. The molecule has 0 unspecified atom stereocenters. The molecule has 0 bridgehead atoms. The molecule has 0 saturated carbocycles. The number of carbonyl (C=O) groups is 2. The van der Waals surface area contributed by atoms with Gasteiger partial charge in [0, 0.05) is 13.6 Å². The van der Waals surface area contributed by atoms with Crippen LogP contribution in [0, 0.1) is 0 Å². The second kappa shape index (κ2) is 10.1. The van der Waals surface area contributed by atoms with E-state index >= 15 is 0 Å². The van der Waals surface area contributed by atoms with Crippen molar-refractivity contribution in [1.29, 1.82) is 0 Å². The lowest BCUT2D eigenvalue weighted by Gasteiger charge is -2.31. The Hall–Kier alpha value is -2.29. The zero-order chi connectivity index (χ0) is 22.5. The van der Waals surface area contributed by atoms with Gasteiger partial charge in [-0.2, -0.15) is 0 Å². The number of sulfonamides is 1. The van der Waals surface area contributed by atoms with Crippen molar-refractivity contribution in [2.45, 2.75) is 19.5 Å². The first kappa shape index (κ1) is 24.0. The molecule has 0 spiro atoms. The predicted molar refractivity (Wildman–Crippen MR) is 119 cm³/mol. The molecule has 0 aliphatic carbocycles. The maximum atomic E-state index is 13.2. The van der Waals surface area contributed by atoms with Crippen LogP contribution in [0.2, 0.25) is 10.0 Å². The van der Waals surface area contributed by atoms with Gasteiger partial charge in [0.25, 0.3) is 0 Å². The van der Waals surface area contributed by atoms with Crippen LogP contribution in [0.5, 0.6) is 0 Å². The van der Waals surface area contributed by atoms with Crippen molar-refractivity contribution in [1.82, 2.24) is 10.2 Å². The van der Waals surface area contributed by atoms with Gasteiger partial charge in [-0.25, -0.2) is 8.42 Å². The highest BCUT2D eigenvalue weighted by molar-refractivity contribution is 7.92. The Balaban J connectivity index is 2.38. The third-order valence-electron chi connectivity index (χ3n) is 4.48. The Kier molecular flexibility index (Phi) is 8.11. The summed E-state index contributed by atoms with van der Waals surface area (Å²) in [7, 11) is -2.34. The first-order chi connectivity index (χ1) is 14.0. The van der Waals surface area contributed by atoms with Crippen molar-refractivity contribution in [3.8, 4) is 0 Å². The van der Waals surface area contributed by atoms with E-state index in [-0.39, 0.29) is 28.2 Å². The maximum Gasteiger partial charge on any atom is 0.244 e. The first-order valence-electron chi connectivity index (χ1n) is 9.02. The lowest BCUT2D eigenvalue weighted by molar-refractivity contribution is -0.139. The average Bonchev–Trinajstić information content (AvgIpc) is 2.71. The molecule has 10 heteroatoms. The molecule has 1 N–H and O–H groups in total. The highest BCUT2D eigenvalue weighted by Crippen LogP contribution is 2.28. The van der Waals surface area contributed by atoms with Crippen LogP contribution < -0.4 is 9.62 Å². The molecular weight excluding hydrogens is 449 g/mol. The molecule has 162 valence electrons. The zero-order valence-corrected chi connectivity index (χ0v) is 19.1. The first-order valence-corrected chi connectivity index (χ1v) is 11.6. The molecule has 0 aliphatic rings. The number of hydrogen-bond donors (Lipinski definition) is 1. The average molecular weight is 472 g/mol. The highest BCUT2D eigenvalue weighted by atomic mass is 35.5. The summed E-state index contributed by atoms with van der Waals surface area (Å²) in [5.41, 5.74) is 1.01. The summed E-state index contributed by atoms with van der Waals surface area (Å²) in [4.78, 5) is 26.7. The molecule has 1 atom stereocenters. The fourth-order valence-corrected chi connectivity index (χ4v) is 3.96. The van der Waals surface area contributed by atoms with Gasteiger partial charge in [-0.1, -0.05) is 53.5 Å². The molecule has 2 amide bonds. The number of benzene rings is 2. The van der Waals surface area contributed by atoms with Crippen molar-refractivity contribution in [2.75, 3.05) is 24.2 Å². The van der Waals surface area contributed by atoms with Crippen LogP contribution in [0.1, 0.15) is 12.5 Å². The van der Waals surface area contributed by atoms with Gasteiger partial charge in [0.1, 0.15) is 12.6 Å². The largest absolute Gasteiger partial charge is 0.357 e. The molecule has 0 aromatic heterocycles. The van der Waals surface area contributed by atoms with Gasteiger partial charge in [-0.05, 0) is 30.7 Å². The Morgan fingerprint density at radius 2 is 1.70 bits per heavy atom. The molecule has 0 fully saturated rings. The lowest BCUT2D eigenvalue weighted by atomic mass is 10.1. The Morgan fingerprint density at radius 1 is 1.07 bits per heavy atom. The van der Waals surface area contributed by atoms with Crippen LogP contribution >= 0.6 is 23.2 Å². The zero-order valence-electron chi connectivity index (χ0n) is 16.8. The minimum atomic E-state index is -3.82. The normalized spacial score (nSPS) is 12.2. The predicted octanol–water partition coefficient (Wildman–Crippen LogP) is 2.92. The quantitative estimate of drug-likeness (QED) is 0.640. The number of nitrogens with one attached hydrogen (secondary N) is 1. The second-order valence-corrected chi connectivity index (χ2v) is 9.39. The number of carbonyl (C=O) groups excluding carboxylic acids is 2. The van der Waals surface area contributed by atoms with Crippen LogP contribution in [-0.2, 0) is 26.2 Å². The van der Waals surface area contributed by atoms with Crippen molar-refractivity contribution in [3.63, 3.8) is 0 Å². The third-order valence-corrected chi connectivity index (χ3v) is 6.36. The molecule has 0 saturated heterocycles. The monoisotopic (exact) mass is 471 g/mol. The van der Waals surface area contributed by atoms with Crippen LogP contribution in [0.25, 0.3) is 0 Å². The maximum absolute atomic E-state index is 13.2. The van der Waals surface area contributed by atoms with E-state index in [2.05, 4.69) is 5.32 Å². The number of hydrogen-bond acceptors (Lipinski definition) is 4. The van der Waals surface area contributed by atoms with Gasteiger partial charge in [0.15, 0.2) is 0 Å². The summed E-state index contributed by atoms with van der Waals surface area (Å²) in [6.07, 6.45) is 0.993. The minimum Gasteiger partial charge on any atom is -0.357 e. The smallest absolute Gasteiger partial charge is 0.244 e. The van der Waals surface area contributed by atoms with Gasteiger partial charge in [0.2, 0.25) is 21.8 Å². The van der Waals surface area contributed by atoms with E-state index in [1.165, 1.54) is 30.1 Å². The van der Waals surface area contributed by atoms with Gasteiger partial charge in [0.05, 0.1) is 22.0 Å². The molecule has 0 radical (unpaired) electrons. The topological polar surface area (TPSA) is 86.8 Å². The van der Waals surface area contributed by atoms with E-state index in [1.807, 2.05) is 30.3 Å². The number of nitrogens with zero attached hydrogens (tertiary/aromatic N) is 2. The molecule has 2 aromatic rings. The van der Waals surface area contributed by atoms with E-state index in [0.717, 1.165) is 16.1 Å². The SMILES string of the molecule is CNC(=O)[C@@H](C)N(Cc1ccccc1)C(=O)CN(c1ccc(Cl)c(Cl)c1)S(C)(=O)=O. The minimum absolute atomic E-state index is 0.146. The van der Waals surface area contributed by atoms with E-state index in [1.54, 1.807) is 6.92 Å². The summed E-state index contributed by atoms with van der Waals surface area (Å²) in [5, 5.41) is 2.94. The fourth-order valence-electron chi connectivity index (χ4n) is 2.83. The number of anilines is 1. The summed E-state index contributed by atoms with van der Waals surface area (Å²) in [6, 6.07) is 12.6.